The van der Waals surface area contributed by atoms with E-state index in [1.165, 1.54) is 6.07 Å². The second kappa shape index (κ2) is 4.02. The van der Waals surface area contributed by atoms with Gasteiger partial charge in [0.1, 0.15) is 5.82 Å². The first kappa shape index (κ1) is 10.8. The van der Waals surface area contributed by atoms with Gasteiger partial charge in [0.15, 0.2) is 5.82 Å². The number of hydrogen-bond donors (Lipinski definition) is 1. The summed E-state index contributed by atoms with van der Waals surface area (Å²) in [7, 11) is 0. The molecule has 0 fully saturated rings. The molecule has 82 valence electrons. The first-order chi connectivity index (χ1) is 7.56. The minimum atomic E-state index is -0.749. The zero-order valence-corrected chi connectivity index (χ0v) is 8.55. The normalized spacial score (nSPS) is 10.4. The van der Waals surface area contributed by atoms with Crippen LogP contribution >= 0.6 is 11.6 Å². The van der Waals surface area contributed by atoms with Crippen LogP contribution in [0.4, 0.5) is 8.78 Å². The van der Waals surface area contributed by atoms with Crippen LogP contribution in [0.2, 0.25) is 5.02 Å². The van der Waals surface area contributed by atoms with Gasteiger partial charge >= 0.3 is 5.69 Å². The lowest BCUT2D eigenvalue weighted by Crippen LogP contribution is -2.11. The van der Waals surface area contributed by atoms with Crippen molar-refractivity contribution in [3.63, 3.8) is 0 Å². The van der Waals surface area contributed by atoms with E-state index < -0.39 is 17.3 Å². The van der Waals surface area contributed by atoms with Crippen LogP contribution in [0.5, 0.6) is 0 Å². The van der Waals surface area contributed by atoms with E-state index in [0.29, 0.717) is 0 Å². The van der Waals surface area contributed by atoms with Gasteiger partial charge in [0.05, 0.1) is 11.9 Å². The summed E-state index contributed by atoms with van der Waals surface area (Å²) >= 11 is 5.62. The van der Waals surface area contributed by atoms with E-state index >= 15 is 0 Å². The van der Waals surface area contributed by atoms with Gasteiger partial charge in [-0.25, -0.2) is 13.6 Å². The summed E-state index contributed by atoms with van der Waals surface area (Å²) < 4.78 is 26.4. The molecule has 0 aliphatic heterocycles. The number of nitrogens with one attached hydrogen (secondary N) is 1. The van der Waals surface area contributed by atoms with Gasteiger partial charge in [0.25, 0.3) is 0 Å². The SMILES string of the molecule is O=c1ncc(F)c(-c2cc(F)cc(Cl)c2)[nH]1. The van der Waals surface area contributed by atoms with Gasteiger partial charge in [-0.3, -0.25) is 0 Å². The van der Waals surface area contributed by atoms with Gasteiger partial charge in [-0.05, 0) is 18.2 Å². The van der Waals surface area contributed by atoms with Crippen molar-refractivity contribution in [3.8, 4) is 11.3 Å². The van der Waals surface area contributed by atoms with Crippen LogP contribution in [0.1, 0.15) is 0 Å². The van der Waals surface area contributed by atoms with E-state index in [9.17, 15) is 13.6 Å². The number of H-pyrrole nitrogens is 1. The lowest BCUT2D eigenvalue weighted by molar-refractivity contribution is 0.613. The third-order valence-electron chi connectivity index (χ3n) is 1.92. The standard InChI is InChI=1S/C10H5ClF2N2O/c11-6-1-5(2-7(12)3-6)9-8(13)4-14-10(16)15-9/h1-4H,(H,14,15,16). The topological polar surface area (TPSA) is 45.8 Å². The molecule has 0 aliphatic rings. The zero-order chi connectivity index (χ0) is 11.7. The Hall–Kier alpha value is -1.75. The van der Waals surface area contributed by atoms with Crippen LogP contribution in [0.25, 0.3) is 11.3 Å². The van der Waals surface area contributed by atoms with Crippen LogP contribution in [-0.2, 0) is 0 Å². The van der Waals surface area contributed by atoms with Gasteiger partial charge in [-0.2, -0.15) is 4.98 Å². The van der Waals surface area contributed by atoms with Crippen molar-refractivity contribution >= 4 is 11.6 Å². The van der Waals surface area contributed by atoms with Crippen LogP contribution in [-0.4, -0.2) is 9.97 Å². The smallest absolute Gasteiger partial charge is 0.303 e. The molecule has 1 aromatic carbocycles. The molecular formula is C10H5ClF2N2O. The molecule has 0 saturated carbocycles. The fourth-order valence-electron chi connectivity index (χ4n) is 1.29. The average molecular weight is 243 g/mol. The summed E-state index contributed by atoms with van der Waals surface area (Å²) in [5, 5.41) is 0.118. The Morgan fingerprint density at radius 2 is 2.00 bits per heavy atom. The maximum atomic E-state index is 13.3. The molecule has 0 atom stereocenters. The molecular weight excluding hydrogens is 238 g/mol. The van der Waals surface area contributed by atoms with Crippen molar-refractivity contribution in [3.05, 3.63) is 51.5 Å². The second-order valence-corrected chi connectivity index (χ2v) is 3.51. The lowest BCUT2D eigenvalue weighted by Gasteiger charge is -2.03. The molecule has 0 saturated heterocycles. The molecule has 0 bridgehead atoms. The van der Waals surface area contributed by atoms with Gasteiger partial charge in [-0.1, -0.05) is 11.6 Å². The largest absolute Gasteiger partial charge is 0.345 e. The Morgan fingerprint density at radius 3 is 2.69 bits per heavy atom. The van der Waals surface area contributed by atoms with E-state index in [0.717, 1.165) is 18.3 Å². The third-order valence-corrected chi connectivity index (χ3v) is 2.14. The highest BCUT2D eigenvalue weighted by Gasteiger charge is 2.08. The Bertz CT molecular complexity index is 577. The maximum Gasteiger partial charge on any atom is 0.345 e. The van der Waals surface area contributed by atoms with Crippen molar-refractivity contribution in [1.82, 2.24) is 9.97 Å². The van der Waals surface area contributed by atoms with Crippen molar-refractivity contribution in [1.29, 1.82) is 0 Å². The molecule has 0 radical (unpaired) electrons. The zero-order valence-electron chi connectivity index (χ0n) is 7.80. The summed E-state index contributed by atoms with van der Waals surface area (Å²) in [5.74, 6) is -1.36. The number of halogens is 3. The molecule has 0 aliphatic carbocycles. The minimum Gasteiger partial charge on any atom is -0.303 e. The summed E-state index contributed by atoms with van der Waals surface area (Å²) in [6, 6.07) is 3.50. The number of aromatic nitrogens is 2. The van der Waals surface area contributed by atoms with E-state index in [1.807, 2.05) is 0 Å². The summed E-state index contributed by atoms with van der Waals surface area (Å²) in [5.41, 5.74) is -0.694. The van der Waals surface area contributed by atoms with Crippen molar-refractivity contribution in [2.75, 3.05) is 0 Å². The van der Waals surface area contributed by atoms with Crippen LogP contribution in [0.15, 0.2) is 29.2 Å². The van der Waals surface area contributed by atoms with Gasteiger partial charge in [0.2, 0.25) is 0 Å². The molecule has 6 heteroatoms. The highest BCUT2D eigenvalue weighted by atomic mass is 35.5. The summed E-state index contributed by atoms with van der Waals surface area (Å²) in [6.07, 6.45) is 0.771. The molecule has 1 aromatic heterocycles. The second-order valence-electron chi connectivity index (χ2n) is 3.07. The molecule has 3 nitrogen and oxygen atoms in total. The molecule has 0 spiro atoms. The summed E-state index contributed by atoms with van der Waals surface area (Å²) in [6.45, 7) is 0. The molecule has 2 rings (SSSR count). The number of hydrogen-bond acceptors (Lipinski definition) is 2. The van der Waals surface area contributed by atoms with Crippen molar-refractivity contribution in [2.45, 2.75) is 0 Å². The molecule has 2 aromatic rings. The fraction of sp³-hybridized carbons (Fsp3) is 0. The first-order valence-corrected chi connectivity index (χ1v) is 4.65. The third kappa shape index (κ3) is 2.09. The Labute approximate surface area is 93.7 Å². The predicted molar refractivity (Wildman–Crippen MR) is 55.2 cm³/mol. The number of nitrogens with zero attached hydrogens (tertiary/aromatic N) is 1. The monoisotopic (exact) mass is 242 g/mol. The van der Waals surface area contributed by atoms with Gasteiger partial charge in [-0.15, -0.1) is 0 Å². The molecule has 1 heterocycles. The molecule has 0 amide bonds. The average Bonchev–Trinajstić information content (AvgIpc) is 2.20. The number of benzene rings is 1. The predicted octanol–water partition coefficient (Wildman–Crippen LogP) is 2.37. The number of rotatable bonds is 1. The van der Waals surface area contributed by atoms with E-state index in [4.69, 9.17) is 11.6 Å². The van der Waals surface area contributed by atoms with Gasteiger partial charge < -0.3 is 4.98 Å². The van der Waals surface area contributed by atoms with E-state index in [2.05, 4.69) is 9.97 Å². The Balaban J connectivity index is 2.66. The van der Waals surface area contributed by atoms with E-state index in [-0.39, 0.29) is 16.3 Å². The van der Waals surface area contributed by atoms with Crippen LogP contribution < -0.4 is 5.69 Å². The molecule has 16 heavy (non-hydrogen) atoms. The maximum absolute atomic E-state index is 13.3. The van der Waals surface area contributed by atoms with Crippen molar-refractivity contribution < 1.29 is 8.78 Å². The minimum absolute atomic E-state index is 0.118. The summed E-state index contributed by atoms with van der Waals surface area (Å²) in [4.78, 5) is 16.3. The van der Waals surface area contributed by atoms with Crippen LogP contribution in [0, 0.1) is 11.6 Å². The highest BCUT2D eigenvalue weighted by Crippen LogP contribution is 2.23. The first-order valence-electron chi connectivity index (χ1n) is 4.27. The van der Waals surface area contributed by atoms with Gasteiger partial charge in [0, 0.05) is 10.6 Å². The van der Waals surface area contributed by atoms with E-state index in [1.54, 1.807) is 0 Å². The molecule has 1 N–H and O–H groups in total. The fourth-order valence-corrected chi connectivity index (χ4v) is 1.51. The molecule has 0 unspecified atom stereocenters. The highest BCUT2D eigenvalue weighted by molar-refractivity contribution is 6.30. The quantitative estimate of drug-likeness (QED) is 0.834. The number of aromatic amines is 1. The Kier molecular flexibility index (Phi) is 2.70. The lowest BCUT2D eigenvalue weighted by atomic mass is 10.1. The van der Waals surface area contributed by atoms with Crippen molar-refractivity contribution in [2.24, 2.45) is 0 Å². The Morgan fingerprint density at radius 1 is 1.25 bits per heavy atom. The van der Waals surface area contributed by atoms with Crippen LogP contribution in [0.3, 0.4) is 0 Å².